The summed E-state index contributed by atoms with van der Waals surface area (Å²) in [5, 5.41) is 5.60. The van der Waals surface area contributed by atoms with Gasteiger partial charge in [0, 0.05) is 17.3 Å². The van der Waals surface area contributed by atoms with Crippen molar-refractivity contribution in [2.24, 2.45) is 5.92 Å². The number of carbonyl (C=O) groups excluding carboxylic acids is 2. The van der Waals surface area contributed by atoms with Crippen molar-refractivity contribution in [3.63, 3.8) is 0 Å². The molecule has 1 aliphatic carbocycles. The van der Waals surface area contributed by atoms with E-state index in [0.717, 1.165) is 24.2 Å². The monoisotopic (exact) mass is 310 g/mol. The van der Waals surface area contributed by atoms with Gasteiger partial charge < -0.3 is 10.6 Å². The van der Waals surface area contributed by atoms with Crippen molar-refractivity contribution in [2.75, 3.05) is 10.6 Å². The Morgan fingerprint density at radius 2 is 1.67 bits per heavy atom. The number of carbonyl (C=O) groups is 2. The van der Waals surface area contributed by atoms with Gasteiger partial charge in [-0.25, -0.2) is 0 Å². The first kappa shape index (κ1) is 13.1. The number of halogens is 1. The average Bonchev–Trinajstić information content (AvgIpc) is 3.15. The summed E-state index contributed by atoms with van der Waals surface area (Å²) < 4.78 is 0. The molecule has 1 atom stereocenters. The van der Waals surface area contributed by atoms with Gasteiger partial charge >= 0.3 is 0 Å². The number of alkyl halides is 1. The van der Waals surface area contributed by atoms with E-state index in [-0.39, 0.29) is 22.6 Å². The molecule has 0 aromatic heterocycles. The van der Waals surface area contributed by atoms with Crippen LogP contribution in [0.1, 0.15) is 19.8 Å². The number of hydrogen-bond donors (Lipinski definition) is 2. The summed E-state index contributed by atoms with van der Waals surface area (Å²) in [7, 11) is 0. The third-order valence-corrected chi connectivity index (χ3v) is 3.15. The van der Waals surface area contributed by atoms with Gasteiger partial charge in [0.05, 0.1) is 4.83 Å². The molecule has 0 aliphatic heterocycles. The molecule has 4 nitrogen and oxygen atoms in total. The lowest BCUT2D eigenvalue weighted by Gasteiger charge is -2.08. The minimum absolute atomic E-state index is 0.0841. The number of amides is 2. The lowest BCUT2D eigenvalue weighted by Crippen LogP contribution is -2.19. The van der Waals surface area contributed by atoms with E-state index < -0.39 is 0 Å². The Labute approximate surface area is 114 Å². The van der Waals surface area contributed by atoms with Gasteiger partial charge in [-0.1, -0.05) is 15.9 Å². The van der Waals surface area contributed by atoms with Crippen LogP contribution in [-0.2, 0) is 9.59 Å². The van der Waals surface area contributed by atoms with Crippen molar-refractivity contribution < 1.29 is 9.59 Å². The van der Waals surface area contributed by atoms with Crippen LogP contribution in [-0.4, -0.2) is 16.6 Å². The maximum atomic E-state index is 11.5. The van der Waals surface area contributed by atoms with E-state index in [0.29, 0.717) is 0 Å². The number of anilines is 2. The molecule has 96 valence electrons. The normalized spacial score (nSPS) is 15.9. The van der Waals surface area contributed by atoms with Crippen LogP contribution in [0.2, 0.25) is 0 Å². The highest BCUT2D eigenvalue weighted by Crippen LogP contribution is 2.30. The molecule has 0 spiro atoms. The van der Waals surface area contributed by atoms with E-state index in [1.165, 1.54) is 0 Å². The molecular formula is C13H15BrN2O2. The molecule has 0 heterocycles. The van der Waals surface area contributed by atoms with Crippen LogP contribution in [0.15, 0.2) is 24.3 Å². The number of nitrogens with one attached hydrogen (secondary N) is 2. The first-order valence-electron chi connectivity index (χ1n) is 5.92. The molecule has 2 amide bonds. The van der Waals surface area contributed by atoms with Crippen molar-refractivity contribution in [1.82, 2.24) is 0 Å². The summed E-state index contributed by atoms with van der Waals surface area (Å²) in [5.74, 6) is 0.184. The molecule has 1 unspecified atom stereocenters. The van der Waals surface area contributed by atoms with Crippen molar-refractivity contribution >= 4 is 39.1 Å². The van der Waals surface area contributed by atoms with E-state index in [1.54, 1.807) is 31.2 Å². The number of hydrogen-bond acceptors (Lipinski definition) is 2. The third-order valence-electron chi connectivity index (χ3n) is 2.73. The molecule has 1 aliphatic rings. The van der Waals surface area contributed by atoms with E-state index in [2.05, 4.69) is 26.6 Å². The second-order valence-corrected chi connectivity index (χ2v) is 5.82. The molecule has 1 saturated carbocycles. The van der Waals surface area contributed by atoms with Crippen LogP contribution in [0.5, 0.6) is 0 Å². The fourth-order valence-corrected chi connectivity index (χ4v) is 1.58. The van der Waals surface area contributed by atoms with Crippen LogP contribution in [0.25, 0.3) is 0 Å². The molecule has 0 bridgehead atoms. The predicted octanol–water partition coefficient (Wildman–Crippen LogP) is 2.76. The lowest BCUT2D eigenvalue weighted by atomic mass is 10.2. The molecule has 0 saturated heterocycles. The molecule has 18 heavy (non-hydrogen) atoms. The summed E-state index contributed by atoms with van der Waals surface area (Å²) in [6.07, 6.45) is 1.98. The van der Waals surface area contributed by atoms with Gasteiger partial charge in [0.25, 0.3) is 0 Å². The van der Waals surface area contributed by atoms with Crippen molar-refractivity contribution in [2.45, 2.75) is 24.6 Å². The third kappa shape index (κ3) is 3.57. The van der Waals surface area contributed by atoms with Gasteiger partial charge in [-0.15, -0.1) is 0 Å². The molecule has 1 fully saturated rings. The molecule has 0 radical (unpaired) electrons. The topological polar surface area (TPSA) is 58.2 Å². The summed E-state index contributed by atoms with van der Waals surface area (Å²) in [6.45, 7) is 1.76. The van der Waals surface area contributed by atoms with E-state index in [1.807, 2.05) is 0 Å². The van der Waals surface area contributed by atoms with Crippen LogP contribution in [0.3, 0.4) is 0 Å². The smallest absolute Gasteiger partial charge is 0.237 e. The Morgan fingerprint density at radius 3 is 2.11 bits per heavy atom. The Hall–Kier alpha value is -1.36. The van der Waals surface area contributed by atoms with Gasteiger partial charge in [0.15, 0.2) is 0 Å². The summed E-state index contributed by atoms with van der Waals surface area (Å²) >= 11 is 3.20. The number of benzene rings is 1. The molecule has 1 aromatic rings. The van der Waals surface area contributed by atoms with Crippen LogP contribution >= 0.6 is 15.9 Å². The maximum absolute atomic E-state index is 11.5. The van der Waals surface area contributed by atoms with Crippen molar-refractivity contribution in [3.05, 3.63) is 24.3 Å². The minimum atomic E-state index is -0.230. The molecular weight excluding hydrogens is 296 g/mol. The van der Waals surface area contributed by atoms with Gasteiger partial charge in [0.1, 0.15) is 0 Å². The first-order chi connectivity index (χ1) is 8.56. The zero-order valence-corrected chi connectivity index (χ0v) is 11.7. The first-order valence-corrected chi connectivity index (χ1v) is 6.83. The largest absolute Gasteiger partial charge is 0.326 e. The fourth-order valence-electron chi connectivity index (χ4n) is 1.47. The van der Waals surface area contributed by atoms with Crippen molar-refractivity contribution in [1.29, 1.82) is 0 Å². The molecule has 5 heteroatoms. The Balaban J connectivity index is 1.92. The SMILES string of the molecule is CC(Br)C(=O)Nc1ccc(NC(=O)C2CC2)cc1. The van der Waals surface area contributed by atoms with Crippen LogP contribution < -0.4 is 10.6 Å². The molecule has 2 rings (SSSR count). The van der Waals surface area contributed by atoms with Gasteiger partial charge in [-0.3, -0.25) is 9.59 Å². The Bertz CT molecular complexity index is 418. The lowest BCUT2D eigenvalue weighted by molar-refractivity contribution is -0.117. The Morgan fingerprint density at radius 1 is 1.17 bits per heavy atom. The van der Waals surface area contributed by atoms with Crippen LogP contribution in [0.4, 0.5) is 11.4 Å². The summed E-state index contributed by atoms with van der Waals surface area (Å²) in [4.78, 5) is 22.8. The molecule has 1 aromatic carbocycles. The highest BCUT2D eigenvalue weighted by atomic mass is 79.9. The van der Waals surface area contributed by atoms with E-state index in [4.69, 9.17) is 0 Å². The van der Waals surface area contributed by atoms with Crippen LogP contribution in [0, 0.1) is 5.92 Å². The van der Waals surface area contributed by atoms with E-state index >= 15 is 0 Å². The van der Waals surface area contributed by atoms with Gasteiger partial charge in [0.2, 0.25) is 11.8 Å². The minimum Gasteiger partial charge on any atom is -0.326 e. The maximum Gasteiger partial charge on any atom is 0.237 e. The summed E-state index contributed by atoms with van der Waals surface area (Å²) in [5.41, 5.74) is 1.48. The molecule has 2 N–H and O–H groups in total. The average molecular weight is 311 g/mol. The highest BCUT2D eigenvalue weighted by Gasteiger charge is 2.29. The second kappa shape index (κ2) is 5.52. The van der Waals surface area contributed by atoms with Gasteiger partial charge in [-0.05, 0) is 44.0 Å². The quantitative estimate of drug-likeness (QED) is 0.840. The number of rotatable bonds is 4. The summed E-state index contributed by atoms with van der Waals surface area (Å²) in [6, 6.07) is 7.12. The van der Waals surface area contributed by atoms with Crippen molar-refractivity contribution in [3.8, 4) is 0 Å². The highest BCUT2D eigenvalue weighted by molar-refractivity contribution is 9.10. The second-order valence-electron chi connectivity index (χ2n) is 4.45. The zero-order valence-electron chi connectivity index (χ0n) is 10.1. The Kier molecular flexibility index (Phi) is 4.01. The predicted molar refractivity (Wildman–Crippen MR) is 74.8 cm³/mol. The van der Waals surface area contributed by atoms with Gasteiger partial charge in [-0.2, -0.15) is 0 Å². The van der Waals surface area contributed by atoms with E-state index in [9.17, 15) is 9.59 Å². The zero-order chi connectivity index (χ0) is 13.1. The fraction of sp³-hybridized carbons (Fsp3) is 0.385. The standard InChI is InChI=1S/C13H15BrN2O2/c1-8(14)12(17)15-10-4-6-11(7-5-10)16-13(18)9-2-3-9/h4-9H,2-3H2,1H3,(H,15,17)(H,16,18).